The van der Waals surface area contributed by atoms with E-state index in [2.05, 4.69) is 16.7 Å². The van der Waals surface area contributed by atoms with Gasteiger partial charge in [-0.3, -0.25) is 15.4 Å². The van der Waals surface area contributed by atoms with Crippen molar-refractivity contribution < 1.29 is 14.7 Å². The fourth-order valence-electron chi connectivity index (χ4n) is 4.11. The Morgan fingerprint density at radius 3 is 2.83 bits per heavy atom. The van der Waals surface area contributed by atoms with Crippen molar-refractivity contribution in [2.75, 3.05) is 25.1 Å². The second-order valence-electron chi connectivity index (χ2n) is 7.47. The van der Waals surface area contributed by atoms with Crippen LogP contribution in [0.15, 0.2) is 24.3 Å². The van der Waals surface area contributed by atoms with Crippen molar-refractivity contribution >= 4 is 41.1 Å². The highest BCUT2D eigenvalue weighted by atomic mass is 32.2. The number of thioether (sulfide) groups is 1. The van der Waals surface area contributed by atoms with Crippen LogP contribution in [0.4, 0.5) is 4.79 Å². The van der Waals surface area contributed by atoms with Crippen molar-refractivity contribution in [3.8, 4) is 6.07 Å². The molecular formula is C20H25N5O3S2. The van der Waals surface area contributed by atoms with Gasteiger partial charge in [0.1, 0.15) is 0 Å². The minimum atomic E-state index is -1.18. The molecule has 2 amide bonds. The Morgan fingerprint density at radius 1 is 1.47 bits per heavy atom. The molecule has 2 aliphatic heterocycles. The SMILES string of the molecule is CSCCC1NC2(CCN(C(=S)NC(=O)O)CC2)N(Cc2cccc(C#N)c2)C1=O. The Bertz CT molecular complexity index is 864. The molecule has 8 nitrogen and oxygen atoms in total. The molecule has 0 radical (unpaired) electrons. The number of benzene rings is 1. The lowest BCUT2D eigenvalue weighted by atomic mass is 9.95. The van der Waals surface area contributed by atoms with E-state index in [1.165, 1.54) is 0 Å². The predicted molar refractivity (Wildman–Crippen MR) is 119 cm³/mol. The lowest BCUT2D eigenvalue weighted by Crippen LogP contribution is -2.60. The molecule has 30 heavy (non-hydrogen) atoms. The first-order valence-corrected chi connectivity index (χ1v) is 11.5. The third-order valence-corrected chi connectivity index (χ3v) is 6.63. The van der Waals surface area contributed by atoms with E-state index in [-0.39, 0.29) is 17.1 Å². The molecule has 3 rings (SSSR count). The Balaban J connectivity index is 1.79. The first-order chi connectivity index (χ1) is 14.4. The second kappa shape index (κ2) is 9.64. The highest BCUT2D eigenvalue weighted by molar-refractivity contribution is 7.98. The number of carbonyl (C=O) groups excluding carboxylic acids is 1. The zero-order valence-electron chi connectivity index (χ0n) is 16.8. The maximum absolute atomic E-state index is 13.3. The zero-order valence-corrected chi connectivity index (χ0v) is 18.4. The second-order valence-corrected chi connectivity index (χ2v) is 8.84. The van der Waals surface area contributed by atoms with Gasteiger partial charge in [-0.05, 0) is 48.3 Å². The van der Waals surface area contributed by atoms with Crippen LogP contribution in [0.25, 0.3) is 0 Å². The summed E-state index contributed by atoms with van der Waals surface area (Å²) in [5, 5.41) is 24.1. The van der Waals surface area contributed by atoms with Gasteiger partial charge in [-0.25, -0.2) is 4.79 Å². The van der Waals surface area contributed by atoms with Gasteiger partial charge in [-0.15, -0.1) is 0 Å². The maximum atomic E-state index is 13.3. The number of amides is 2. The number of nitrogens with zero attached hydrogens (tertiary/aromatic N) is 3. The molecule has 2 heterocycles. The average molecular weight is 448 g/mol. The van der Waals surface area contributed by atoms with E-state index >= 15 is 0 Å². The first-order valence-electron chi connectivity index (χ1n) is 9.74. The molecule has 0 aliphatic carbocycles. The van der Waals surface area contributed by atoms with Gasteiger partial charge < -0.3 is 14.9 Å². The van der Waals surface area contributed by atoms with Crippen molar-refractivity contribution in [2.24, 2.45) is 0 Å². The third kappa shape index (κ3) is 4.86. The normalized spacial score (nSPS) is 20.3. The van der Waals surface area contributed by atoms with Gasteiger partial charge in [-0.1, -0.05) is 12.1 Å². The molecule has 160 valence electrons. The number of nitriles is 1. The summed E-state index contributed by atoms with van der Waals surface area (Å²) in [5.41, 5.74) is 0.984. The van der Waals surface area contributed by atoms with E-state index in [4.69, 9.17) is 17.3 Å². The number of hydrogen-bond donors (Lipinski definition) is 3. The van der Waals surface area contributed by atoms with E-state index < -0.39 is 11.8 Å². The lowest BCUT2D eigenvalue weighted by Gasteiger charge is -2.45. The van der Waals surface area contributed by atoms with Crippen LogP contribution in [0.2, 0.25) is 0 Å². The molecule has 0 aromatic heterocycles. The molecule has 2 fully saturated rings. The monoisotopic (exact) mass is 447 g/mol. The van der Waals surface area contributed by atoms with Crippen LogP contribution >= 0.6 is 24.0 Å². The van der Waals surface area contributed by atoms with E-state index in [1.54, 1.807) is 17.8 Å². The maximum Gasteiger partial charge on any atom is 0.410 e. The van der Waals surface area contributed by atoms with Crippen LogP contribution in [-0.4, -0.2) is 68.8 Å². The van der Waals surface area contributed by atoms with Gasteiger partial charge in [0.15, 0.2) is 5.11 Å². The molecule has 2 saturated heterocycles. The van der Waals surface area contributed by atoms with E-state index in [0.29, 0.717) is 38.0 Å². The zero-order chi connectivity index (χ0) is 21.7. The highest BCUT2D eigenvalue weighted by Gasteiger charge is 2.51. The number of thiocarbonyl (C=S) groups is 1. The Hall–Kier alpha value is -2.35. The molecule has 0 saturated carbocycles. The molecule has 1 atom stereocenters. The van der Waals surface area contributed by atoms with Gasteiger partial charge in [0.05, 0.1) is 23.3 Å². The standard InChI is InChI=1S/C20H25N5O3S2/c1-30-10-5-16-17(26)25(13-15-4-2-3-14(11-15)12-21)20(23-16)6-8-24(9-7-20)18(29)22-19(27)28/h2-4,11,16,23H,5-10,13H2,1H3,(H,22,29)(H,27,28). The summed E-state index contributed by atoms with van der Waals surface area (Å²) < 4.78 is 0. The number of piperidine rings is 1. The minimum absolute atomic E-state index is 0.0751. The van der Waals surface area contributed by atoms with Crippen LogP contribution in [0.1, 0.15) is 30.4 Å². The molecule has 1 unspecified atom stereocenters. The number of hydrogen-bond acceptors (Lipinski definition) is 6. The quantitative estimate of drug-likeness (QED) is 0.588. The van der Waals surface area contributed by atoms with Gasteiger partial charge in [0, 0.05) is 32.5 Å². The van der Waals surface area contributed by atoms with Gasteiger partial charge in [0.2, 0.25) is 5.91 Å². The molecule has 10 heteroatoms. The lowest BCUT2D eigenvalue weighted by molar-refractivity contribution is -0.134. The number of carboxylic acid groups (broad SMARTS) is 1. The summed E-state index contributed by atoms with van der Waals surface area (Å²) in [6, 6.07) is 9.23. The minimum Gasteiger partial charge on any atom is -0.465 e. The number of nitrogens with one attached hydrogen (secondary N) is 2. The number of rotatable bonds is 5. The predicted octanol–water partition coefficient (Wildman–Crippen LogP) is 1.96. The summed E-state index contributed by atoms with van der Waals surface area (Å²) in [6.45, 7) is 1.52. The summed E-state index contributed by atoms with van der Waals surface area (Å²) in [5.74, 6) is 0.960. The molecule has 1 spiro atoms. The Kier molecular flexibility index (Phi) is 7.18. The van der Waals surface area contributed by atoms with Gasteiger partial charge in [-0.2, -0.15) is 17.0 Å². The van der Waals surface area contributed by atoms with Crippen molar-refractivity contribution in [2.45, 2.75) is 37.5 Å². The number of carbonyl (C=O) groups is 2. The summed E-state index contributed by atoms with van der Waals surface area (Å²) in [4.78, 5) is 27.9. The van der Waals surface area contributed by atoms with Gasteiger partial charge >= 0.3 is 6.09 Å². The van der Waals surface area contributed by atoms with E-state index in [9.17, 15) is 14.9 Å². The van der Waals surface area contributed by atoms with Crippen LogP contribution in [0, 0.1) is 11.3 Å². The Labute approximate surface area is 185 Å². The van der Waals surface area contributed by atoms with Crippen molar-refractivity contribution in [1.29, 1.82) is 5.26 Å². The van der Waals surface area contributed by atoms with Crippen LogP contribution in [0.3, 0.4) is 0 Å². The van der Waals surface area contributed by atoms with Gasteiger partial charge in [0.25, 0.3) is 0 Å². The van der Waals surface area contributed by atoms with Crippen molar-refractivity contribution in [3.05, 3.63) is 35.4 Å². The summed E-state index contributed by atoms with van der Waals surface area (Å²) >= 11 is 6.89. The topological polar surface area (TPSA) is 109 Å². The van der Waals surface area contributed by atoms with Crippen molar-refractivity contribution in [1.82, 2.24) is 20.4 Å². The van der Waals surface area contributed by atoms with Crippen LogP contribution in [0.5, 0.6) is 0 Å². The molecule has 2 aliphatic rings. The third-order valence-electron chi connectivity index (χ3n) is 5.62. The molecule has 3 N–H and O–H groups in total. The Morgan fingerprint density at radius 2 is 2.20 bits per heavy atom. The largest absolute Gasteiger partial charge is 0.465 e. The average Bonchev–Trinajstić information content (AvgIpc) is 2.97. The fourth-order valence-corrected chi connectivity index (χ4v) is 4.85. The van der Waals surface area contributed by atoms with Crippen molar-refractivity contribution in [3.63, 3.8) is 0 Å². The fraction of sp³-hybridized carbons (Fsp3) is 0.500. The van der Waals surface area contributed by atoms with Crippen LogP contribution < -0.4 is 10.6 Å². The summed E-state index contributed by atoms with van der Waals surface area (Å²) in [7, 11) is 0. The van der Waals surface area contributed by atoms with E-state index in [1.807, 2.05) is 34.3 Å². The molecule has 0 bridgehead atoms. The molecule has 1 aromatic carbocycles. The highest BCUT2D eigenvalue weighted by Crippen LogP contribution is 2.35. The van der Waals surface area contributed by atoms with Crippen LogP contribution in [-0.2, 0) is 11.3 Å². The summed E-state index contributed by atoms with van der Waals surface area (Å²) in [6.07, 6.45) is 2.86. The van der Waals surface area contributed by atoms with E-state index in [0.717, 1.165) is 17.7 Å². The molecule has 1 aromatic rings. The smallest absolute Gasteiger partial charge is 0.410 e. The number of likely N-dealkylation sites (tertiary alicyclic amines) is 1. The molecular weight excluding hydrogens is 422 g/mol. The first kappa shape index (κ1) is 22.3.